The van der Waals surface area contributed by atoms with Crippen molar-refractivity contribution in [2.45, 2.75) is 53.5 Å². The van der Waals surface area contributed by atoms with Crippen molar-refractivity contribution in [1.29, 1.82) is 0 Å². The van der Waals surface area contributed by atoms with Crippen molar-refractivity contribution in [3.8, 4) is 0 Å². The highest BCUT2D eigenvalue weighted by Crippen LogP contribution is 2.19. The molecule has 1 amide bonds. The van der Waals surface area contributed by atoms with Crippen molar-refractivity contribution < 1.29 is 4.79 Å². The predicted molar refractivity (Wildman–Crippen MR) is 94.1 cm³/mol. The van der Waals surface area contributed by atoms with Crippen molar-refractivity contribution >= 4 is 5.91 Å². The number of nitrogens with zero attached hydrogens (tertiary/aromatic N) is 2. The maximum absolute atomic E-state index is 11.9. The van der Waals surface area contributed by atoms with Crippen LogP contribution >= 0.6 is 0 Å². The largest absolute Gasteiger partial charge is 0.355 e. The third-order valence-electron chi connectivity index (χ3n) is 4.62. The second kappa shape index (κ2) is 7.91. The topological polar surface area (TPSA) is 45.2 Å². The van der Waals surface area contributed by atoms with Gasteiger partial charge in [-0.05, 0) is 49.9 Å². The predicted octanol–water partition coefficient (Wildman–Crippen LogP) is 3.02. The van der Waals surface area contributed by atoms with Crippen LogP contribution in [0.5, 0.6) is 0 Å². The van der Waals surface area contributed by atoms with Gasteiger partial charge in [0.05, 0.1) is 5.69 Å². The van der Waals surface area contributed by atoms with Gasteiger partial charge in [0, 0.05) is 24.7 Å². The minimum atomic E-state index is -0.295. The molecule has 4 heteroatoms. The second-order valence-electron chi connectivity index (χ2n) is 7.69. The van der Waals surface area contributed by atoms with Gasteiger partial charge in [0.2, 0.25) is 5.91 Å². The third-order valence-corrected chi connectivity index (χ3v) is 4.62. The summed E-state index contributed by atoms with van der Waals surface area (Å²) in [6, 6.07) is 4.32. The van der Waals surface area contributed by atoms with Crippen LogP contribution in [-0.4, -0.2) is 35.4 Å². The van der Waals surface area contributed by atoms with Crippen LogP contribution in [0.3, 0.4) is 0 Å². The summed E-state index contributed by atoms with van der Waals surface area (Å²) in [6.45, 7) is 12.0. The number of aromatic nitrogens is 1. The van der Waals surface area contributed by atoms with Crippen molar-refractivity contribution in [3.63, 3.8) is 0 Å². The molecule has 0 saturated carbocycles. The number of likely N-dealkylation sites (tertiary alicyclic amines) is 1. The normalized spacial score (nSPS) is 17.2. The molecule has 128 valence electrons. The zero-order valence-electron chi connectivity index (χ0n) is 15.1. The smallest absolute Gasteiger partial charge is 0.225 e. The van der Waals surface area contributed by atoms with E-state index in [4.69, 9.17) is 0 Å². The van der Waals surface area contributed by atoms with Gasteiger partial charge >= 0.3 is 0 Å². The molecule has 0 radical (unpaired) electrons. The molecule has 1 aromatic rings. The quantitative estimate of drug-likeness (QED) is 0.908. The van der Waals surface area contributed by atoms with E-state index < -0.39 is 0 Å². The molecule has 23 heavy (non-hydrogen) atoms. The van der Waals surface area contributed by atoms with Gasteiger partial charge in [-0.2, -0.15) is 0 Å². The van der Waals surface area contributed by atoms with E-state index in [2.05, 4.69) is 34.3 Å². The van der Waals surface area contributed by atoms with Gasteiger partial charge in [0.1, 0.15) is 0 Å². The zero-order valence-corrected chi connectivity index (χ0v) is 15.1. The highest BCUT2D eigenvalue weighted by atomic mass is 16.2. The van der Waals surface area contributed by atoms with E-state index in [1.54, 1.807) is 0 Å². The number of aryl methyl sites for hydroxylation is 1. The number of rotatable bonds is 5. The third kappa shape index (κ3) is 5.61. The fourth-order valence-corrected chi connectivity index (χ4v) is 2.84. The minimum Gasteiger partial charge on any atom is -0.355 e. The first-order valence-corrected chi connectivity index (χ1v) is 8.83. The van der Waals surface area contributed by atoms with Crippen molar-refractivity contribution in [1.82, 2.24) is 15.2 Å². The lowest BCUT2D eigenvalue weighted by molar-refractivity contribution is -0.128. The Morgan fingerprint density at radius 1 is 1.30 bits per heavy atom. The van der Waals surface area contributed by atoms with E-state index in [0.29, 0.717) is 5.92 Å². The first kappa shape index (κ1) is 17.9. The van der Waals surface area contributed by atoms with Crippen LogP contribution in [-0.2, 0) is 17.8 Å². The minimum absolute atomic E-state index is 0.153. The summed E-state index contributed by atoms with van der Waals surface area (Å²) in [5, 5.41) is 3.10. The number of pyridine rings is 1. The molecule has 2 heterocycles. The maximum Gasteiger partial charge on any atom is 0.225 e. The number of amides is 1. The molecule has 0 spiro atoms. The lowest BCUT2D eigenvalue weighted by Crippen LogP contribution is -2.41. The van der Waals surface area contributed by atoms with E-state index in [1.165, 1.54) is 5.56 Å². The van der Waals surface area contributed by atoms with Gasteiger partial charge in [-0.25, -0.2) is 0 Å². The van der Waals surface area contributed by atoms with Crippen LogP contribution in [0.15, 0.2) is 18.3 Å². The molecule has 1 aromatic heterocycles. The van der Waals surface area contributed by atoms with Crippen molar-refractivity contribution in [3.05, 3.63) is 29.6 Å². The number of piperidine rings is 1. The Hall–Kier alpha value is -1.42. The summed E-state index contributed by atoms with van der Waals surface area (Å²) < 4.78 is 0. The fraction of sp³-hybridized carbons (Fsp3) is 0.684. The Morgan fingerprint density at radius 3 is 2.52 bits per heavy atom. The van der Waals surface area contributed by atoms with Gasteiger partial charge in [0.25, 0.3) is 0 Å². The van der Waals surface area contributed by atoms with E-state index in [0.717, 1.165) is 51.1 Å². The molecule has 0 atom stereocenters. The number of carbonyl (C=O) groups is 1. The molecule has 0 aromatic carbocycles. The zero-order chi connectivity index (χ0) is 16.9. The average Bonchev–Trinajstić information content (AvgIpc) is 2.53. The van der Waals surface area contributed by atoms with Gasteiger partial charge in [-0.15, -0.1) is 0 Å². The molecule has 2 rings (SSSR count). The van der Waals surface area contributed by atoms with Crippen LogP contribution in [0.1, 0.15) is 51.8 Å². The molecule has 1 aliphatic rings. The van der Waals surface area contributed by atoms with Crippen molar-refractivity contribution in [2.75, 3.05) is 19.6 Å². The molecule has 0 aliphatic carbocycles. The molecule has 1 fully saturated rings. The monoisotopic (exact) mass is 317 g/mol. The molecule has 1 saturated heterocycles. The van der Waals surface area contributed by atoms with Gasteiger partial charge in [-0.3, -0.25) is 14.7 Å². The van der Waals surface area contributed by atoms with E-state index in [-0.39, 0.29) is 11.3 Å². The molecular formula is C19H31N3O. The van der Waals surface area contributed by atoms with Crippen molar-refractivity contribution in [2.24, 2.45) is 11.3 Å². The molecular weight excluding hydrogens is 286 g/mol. The summed E-state index contributed by atoms with van der Waals surface area (Å²) in [7, 11) is 0. The highest BCUT2D eigenvalue weighted by molar-refractivity contribution is 5.81. The van der Waals surface area contributed by atoms with Crippen LogP contribution in [0.25, 0.3) is 0 Å². The van der Waals surface area contributed by atoms with Crippen LogP contribution in [0, 0.1) is 11.3 Å². The lowest BCUT2D eigenvalue weighted by Gasteiger charge is -2.32. The van der Waals surface area contributed by atoms with Crippen LogP contribution < -0.4 is 5.32 Å². The Morgan fingerprint density at radius 2 is 2.00 bits per heavy atom. The van der Waals surface area contributed by atoms with Gasteiger partial charge in [0.15, 0.2) is 0 Å². The number of hydrogen-bond donors (Lipinski definition) is 1. The van der Waals surface area contributed by atoms with E-state index >= 15 is 0 Å². The number of hydrogen-bond acceptors (Lipinski definition) is 3. The lowest BCUT2D eigenvalue weighted by atomic mass is 9.93. The molecule has 0 unspecified atom stereocenters. The van der Waals surface area contributed by atoms with Crippen LogP contribution in [0.2, 0.25) is 0 Å². The van der Waals surface area contributed by atoms with E-state index in [9.17, 15) is 4.79 Å². The molecule has 1 N–H and O–H groups in total. The summed E-state index contributed by atoms with van der Waals surface area (Å²) >= 11 is 0. The average molecular weight is 317 g/mol. The van der Waals surface area contributed by atoms with Crippen LogP contribution in [0.4, 0.5) is 0 Å². The van der Waals surface area contributed by atoms with E-state index in [1.807, 2.05) is 27.0 Å². The maximum atomic E-state index is 11.9. The first-order valence-electron chi connectivity index (χ1n) is 8.83. The molecule has 0 bridgehead atoms. The Kier molecular flexibility index (Phi) is 6.17. The summed E-state index contributed by atoms with van der Waals surface area (Å²) in [5.74, 6) is 0.758. The SMILES string of the molecule is CCc1ccc(CN2CCC(CNC(=O)C(C)(C)C)CC2)nc1. The number of carbonyl (C=O) groups excluding carboxylic acids is 1. The fourth-order valence-electron chi connectivity index (χ4n) is 2.84. The Labute approximate surface area is 140 Å². The summed E-state index contributed by atoms with van der Waals surface area (Å²) in [6.07, 6.45) is 5.33. The van der Waals surface area contributed by atoms with Gasteiger partial charge < -0.3 is 5.32 Å². The molecule has 4 nitrogen and oxygen atoms in total. The molecule has 1 aliphatic heterocycles. The van der Waals surface area contributed by atoms with Gasteiger partial charge in [-0.1, -0.05) is 33.8 Å². The summed E-state index contributed by atoms with van der Waals surface area (Å²) in [4.78, 5) is 19.0. The summed E-state index contributed by atoms with van der Waals surface area (Å²) in [5.41, 5.74) is 2.15. The Bertz CT molecular complexity index is 496. The Balaban J connectivity index is 1.72. The standard InChI is InChI=1S/C19H31N3O/c1-5-15-6-7-17(20-12-15)14-22-10-8-16(9-11-22)13-21-18(23)19(2,3)4/h6-7,12,16H,5,8-11,13-14H2,1-4H3,(H,21,23). The second-order valence-corrected chi connectivity index (χ2v) is 7.69. The first-order chi connectivity index (χ1) is 10.9. The highest BCUT2D eigenvalue weighted by Gasteiger charge is 2.24. The number of nitrogens with one attached hydrogen (secondary N) is 1.